The number of hydrogen-bond acceptors (Lipinski definition) is 5. The van der Waals surface area contributed by atoms with Crippen molar-refractivity contribution in [2.45, 2.75) is 38.1 Å². The summed E-state index contributed by atoms with van der Waals surface area (Å²) in [4.78, 5) is 27.0. The van der Waals surface area contributed by atoms with Crippen molar-refractivity contribution in [3.05, 3.63) is 132 Å². The minimum Gasteiger partial charge on any atom is -0.422 e. The molecule has 5 aromatic rings. The van der Waals surface area contributed by atoms with Gasteiger partial charge in [-0.3, -0.25) is 4.79 Å². The Hall–Kier alpha value is -4.79. The van der Waals surface area contributed by atoms with E-state index in [1.165, 1.54) is 28.6 Å². The lowest BCUT2D eigenvalue weighted by Gasteiger charge is -2.21. The molecule has 45 heavy (non-hydrogen) atoms. The van der Waals surface area contributed by atoms with Crippen LogP contribution in [0.4, 0.5) is 0 Å². The number of sulfonamides is 1. The molecule has 0 saturated heterocycles. The highest BCUT2D eigenvalue weighted by molar-refractivity contribution is 7.89. The number of hydrogen-bond donors (Lipinski definition) is 1. The van der Waals surface area contributed by atoms with Crippen molar-refractivity contribution in [3.63, 3.8) is 0 Å². The number of ether oxygens (including phenoxy) is 1. The van der Waals surface area contributed by atoms with E-state index in [0.29, 0.717) is 25.9 Å². The number of carbonyl (C=O) groups excluding carboxylic acids is 2. The van der Waals surface area contributed by atoms with Gasteiger partial charge in [0.2, 0.25) is 10.0 Å². The van der Waals surface area contributed by atoms with Crippen LogP contribution in [0.1, 0.15) is 53.0 Å². The van der Waals surface area contributed by atoms with Crippen LogP contribution in [0.5, 0.6) is 5.75 Å². The number of nitrogens with zero attached hydrogens (tertiary/aromatic N) is 1. The number of esters is 1. The summed E-state index contributed by atoms with van der Waals surface area (Å²) in [5.41, 5.74) is 3.39. The van der Waals surface area contributed by atoms with Gasteiger partial charge in [-0.25, -0.2) is 13.2 Å². The highest BCUT2D eigenvalue weighted by Gasteiger charge is 2.24. The quantitative estimate of drug-likeness (QED) is 0.115. The number of rotatable bonds is 12. The predicted molar refractivity (Wildman–Crippen MR) is 178 cm³/mol. The molecule has 1 amide bonds. The summed E-state index contributed by atoms with van der Waals surface area (Å²) in [6.07, 6.45) is 1.40. The van der Waals surface area contributed by atoms with Crippen LogP contribution >= 0.6 is 0 Å². The molecule has 5 rings (SSSR count). The van der Waals surface area contributed by atoms with Crippen molar-refractivity contribution < 1.29 is 22.7 Å². The Bertz CT molecular complexity index is 1900. The van der Waals surface area contributed by atoms with Gasteiger partial charge < -0.3 is 10.1 Å². The summed E-state index contributed by atoms with van der Waals surface area (Å²) in [7, 11) is -3.69. The minimum atomic E-state index is -3.69. The van der Waals surface area contributed by atoms with Crippen molar-refractivity contribution in [3.8, 4) is 16.9 Å². The molecular formula is C37H36N2O5S. The van der Waals surface area contributed by atoms with E-state index in [1.807, 2.05) is 92.7 Å². The second-order valence-electron chi connectivity index (χ2n) is 10.7. The average molecular weight is 621 g/mol. The molecule has 8 heteroatoms. The maximum Gasteiger partial charge on any atom is 0.343 e. The zero-order valence-corrected chi connectivity index (χ0v) is 26.2. The molecule has 0 radical (unpaired) electrons. The van der Waals surface area contributed by atoms with Crippen molar-refractivity contribution in [2.24, 2.45) is 0 Å². The summed E-state index contributed by atoms with van der Waals surface area (Å²) in [6.45, 7) is 4.98. The molecule has 0 saturated carbocycles. The fraction of sp³-hybridized carbons (Fsp3) is 0.189. The first-order chi connectivity index (χ1) is 21.8. The van der Waals surface area contributed by atoms with E-state index >= 15 is 0 Å². The molecule has 0 spiro atoms. The first kappa shape index (κ1) is 31.6. The van der Waals surface area contributed by atoms with Gasteiger partial charge in [-0.2, -0.15) is 4.31 Å². The van der Waals surface area contributed by atoms with Gasteiger partial charge in [0.05, 0.1) is 16.0 Å². The van der Waals surface area contributed by atoms with E-state index in [-0.39, 0.29) is 34.2 Å². The number of fused-ring (bicyclic) bond motifs is 1. The van der Waals surface area contributed by atoms with Gasteiger partial charge in [-0.05, 0) is 76.7 Å². The SMILES string of the molecule is CCCN(CCC)S(=O)(=O)c1ccc(C(=O)Oc2cc3ccccc3cc2C(=O)NCc2ccccc2-c2ccccc2)cc1. The fourth-order valence-corrected chi connectivity index (χ4v) is 6.87. The predicted octanol–water partition coefficient (Wildman–Crippen LogP) is 7.47. The largest absolute Gasteiger partial charge is 0.422 e. The summed E-state index contributed by atoms with van der Waals surface area (Å²) >= 11 is 0. The lowest BCUT2D eigenvalue weighted by molar-refractivity contribution is 0.0732. The van der Waals surface area contributed by atoms with Gasteiger partial charge in [0.15, 0.2) is 0 Å². The standard InChI is InChI=1S/C37H36N2O5S/c1-3-22-39(23-4-2)45(42,43)32-20-18-28(19-21-32)37(41)44-35-25-30-15-9-8-14-29(30)24-34(35)36(40)38-26-31-16-10-11-17-33(31)27-12-6-5-7-13-27/h5-21,24-25H,3-4,22-23,26H2,1-2H3,(H,38,40). The lowest BCUT2D eigenvalue weighted by atomic mass is 9.99. The average Bonchev–Trinajstić information content (AvgIpc) is 3.07. The maximum atomic E-state index is 13.6. The van der Waals surface area contributed by atoms with E-state index in [1.54, 1.807) is 12.1 Å². The second kappa shape index (κ2) is 14.3. The lowest BCUT2D eigenvalue weighted by Crippen LogP contribution is -2.32. The first-order valence-electron chi connectivity index (χ1n) is 15.1. The number of nitrogens with one attached hydrogen (secondary N) is 1. The third-order valence-corrected chi connectivity index (χ3v) is 9.42. The van der Waals surface area contributed by atoms with Crippen LogP contribution < -0.4 is 10.1 Å². The molecule has 0 aliphatic heterocycles. The molecule has 230 valence electrons. The maximum absolute atomic E-state index is 13.6. The van der Waals surface area contributed by atoms with Gasteiger partial charge in [0, 0.05) is 19.6 Å². The van der Waals surface area contributed by atoms with Gasteiger partial charge in [0.1, 0.15) is 5.75 Å². The highest BCUT2D eigenvalue weighted by Crippen LogP contribution is 2.28. The van der Waals surface area contributed by atoms with Crippen molar-refractivity contribution in [1.82, 2.24) is 9.62 Å². The number of benzene rings is 5. The Morgan fingerprint density at radius 2 is 1.33 bits per heavy atom. The van der Waals surface area contributed by atoms with Crippen molar-refractivity contribution >= 4 is 32.7 Å². The van der Waals surface area contributed by atoms with Gasteiger partial charge in [0.25, 0.3) is 5.91 Å². The molecule has 0 atom stereocenters. The Labute approximate surface area is 264 Å². The van der Waals surface area contributed by atoms with Crippen molar-refractivity contribution in [1.29, 1.82) is 0 Å². The van der Waals surface area contributed by atoms with Crippen LogP contribution in [0.3, 0.4) is 0 Å². The molecule has 0 aromatic heterocycles. The smallest absolute Gasteiger partial charge is 0.343 e. The molecule has 0 bridgehead atoms. The zero-order valence-electron chi connectivity index (χ0n) is 25.4. The third kappa shape index (κ3) is 7.30. The first-order valence-corrected chi connectivity index (χ1v) is 16.5. The number of carbonyl (C=O) groups is 2. The second-order valence-corrected chi connectivity index (χ2v) is 12.7. The Morgan fingerprint density at radius 1 is 0.733 bits per heavy atom. The summed E-state index contributed by atoms with van der Waals surface area (Å²) in [5, 5.41) is 4.63. The van der Waals surface area contributed by atoms with Crippen LogP contribution in [0.15, 0.2) is 120 Å². The van der Waals surface area contributed by atoms with E-state index < -0.39 is 16.0 Å². The van der Waals surface area contributed by atoms with Gasteiger partial charge in [-0.1, -0.05) is 92.7 Å². The van der Waals surface area contributed by atoms with Crippen LogP contribution in [-0.4, -0.2) is 37.7 Å². The van der Waals surface area contributed by atoms with Gasteiger partial charge >= 0.3 is 5.97 Å². The van der Waals surface area contributed by atoms with Crippen molar-refractivity contribution in [2.75, 3.05) is 13.1 Å². The molecular weight excluding hydrogens is 584 g/mol. The summed E-state index contributed by atoms with van der Waals surface area (Å²) in [6, 6.07) is 34.4. The van der Waals surface area contributed by atoms with Crippen LogP contribution in [0.25, 0.3) is 21.9 Å². The van der Waals surface area contributed by atoms with Crippen LogP contribution in [0.2, 0.25) is 0 Å². The Kier molecular flexibility index (Phi) is 10.1. The van der Waals surface area contributed by atoms with E-state index in [2.05, 4.69) is 5.32 Å². The van der Waals surface area contributed by atoms with E-state index in [9.17, 15) is 18.0 Å². The Balaban J connectivity index is 1.39. The van der Waals surface area contributed by atoms with Crippen LogP contribution in [0, 0.1) is 0 Å². The summed E-state index contributed by atoms with van der Waals surface area (Å²) < 4.78 is 33.6. The highest BCUT2D eigenvalue weighted by atomic mass is 32.2. The third-order valence-electron chi connectivity index (χ3n) is 7.51. The molecule has 1 N–H and O–H groups in total. The Morgan fingerprint density at radius 3 is 2.00 bits per heavy atom. The normalized spacial score (nSPS) is 11.4. The molecule has 5 aromatic carbocycles. The van der Waals surface area contributed by atoms with Crippen LogP contribution in [-0.2, 0) is 16.6 Å². The summed E-state index contributed by atoms with van der Waals surface area (Å²) in [5.74, 6) is -0.974. The minimum absolute atomic E-state index is 0.112. The van der Waals surface area contributed by atoms with E-state index in [0.717, 1.165) is 27.5 Å². The molecule has 7 nitrogen and oxygen atoms in total. The fourth-order valence-electron chi connectivity index (χ4n) is 5.25. The molecule has 0 aliphatic rings. The van der Waals surface area contributed by atoms with Gasteiger partial charge in [-0.15, -0.1) is 0 Å². The molecule has 0 aliphatic carbocycles. The molecule has 0 heterocycles. The monoisotopic (exact) mass is 620 g/mol. The topological polar surface area (TPSA) is 92.8 Å². The zero-order chi connectivity index (χ0) is 31.8. The molecule has 0 unspecified atom stereocenters. The molecule has 0 fully saturated rings. The van der Waals surface area contributed by atoms with E-state index in [4.69, 9.17) is 4.74 Å². The number of amides is 1.